The van der Waals surface area contributed by atoms with Crippen LogP contribution in [0.1, 0.15) is 0 Å². The summed E-state index contributed by atoms with van der Waals surface area (Å²) in [5, 5.41) is 36.4. The molecule has 0 aliphatic rings. The van der Waals surface area contributed by atoms with Crippen molar-refractivity contribution in [3.05, 3.63) is 0 Å². The summed E-state index contributed by atoms with van der Waals surface area (Å²) in [6.07, 6.45) is -1.69. The van der Waals surface area contributed by atoms with Crippen LogP contribution in [0.25, 0.3) is 0 Å². The molecule has 0 unspecified atom stereocenters. The lowest BCUT2D eigenvalue weighted by atomic mass is 10.0. The Labute approximate surface area is 87.1 Å². The molecular weight excluding hydrogens is 204 g/mol. The molecule has 0 radical (unpaired) electrons. The van der Waals surface area contributed by atoms with Gasteiger partial charge in [-0.05, 0) is 0 Å². The van der Waals surface area contributed by atoms with Gasteiger partial charge in [0.05, 0.1) is 6.61 Å². The van der Waals surface area contributed by atoms with Crippen LogP contribution < -0.4 is 0 Å². The molecule has 0 rings (SSSR count). The normalized spacial score (nSPS) is 18.6. The van der Waals surface area contributed by atoms with Crippen LogP contribution >= 0.6 is 0 Å². The Morgan fingerprint density at radius 3 is 2.33 bits per heavy atom. The summed E-state index contributed by atoms with van der Waals surface area (Å²) >= 11 is 0. The number of aliphatic hydroxyl groups excluding tert-OH is 4. The van der Waals surface area contributed by atoms with Gasteiger partial charge in [-0.25, -0.2) is 0 Å². The first-order chi connectivity index (χ1) is 7.04. The van der Waals surface area contributed by atoms with Crippen molar-refractivity contribution < 1.29 is 30.0 Å². The van der Waals surface area contributed by atoms with Gasteiger partial charge < -0.3 is 30.0 Å². The highest BCUT2D eigenvalue weighted by Crippen LogP contribution is 2.04. The highest BCUT2D eigenvalue weighted by Gasteiger charge is 2.30. The fourth-order valence-corrected chi connectivity index (χ4v) is 0.847. The maximum atomic E-state index is 10.1. The van der Waals surface area contributed by atoms with E-state index in [4.69, 9.17) is 21.4 Å². The van der Waals surface area contributed by atoms with Crippen molar-refractivity contribution in [3.8, 4) is 12.3 Å². The lowest BCUT2D eigenvalue weighted by Gasteiger charge is -2.23. The Hall–Kier alpha value is -0.970. The van der Waals surface area contributed by atoms with Crippen molar-refractivity contribution in [2.45, 2.75) is 24.4 Å². The monoisotopic (exact) mass is 218 g/mol. The Morgan fingerprint density at radius 1 is 1.27 bits per heavy atom. The van der Waals surface area contributed by atoms with E-state index in [0.717, 1.165) is 0 Å². The number of carbonyl (C=O) groups excluding carboxylic acids is 1. The number of hydrogen-bond acceptors (Lipinski definition) is 6. The minimum absolute atomic E-state index is 0.0455. The number of rotatable bonds is 7. The fraction of sp³-hybridized carbons (Fsp3) is 0.667. The Morgan fingerprint density at radius 2 is 1.87 bits per heavy atom. The topological polar surface area (TPSA) is 107 Å². The predicted octanol–water partition coefficient (Wildman–Crippen LogP) is -2.72. The van der Waals surface area contributed by atoms with Crippen molar-refractivity contribution >= 4 is 6.29 Å². The lowest BCUT2D eigenvalue weighted by molar-refractivity contribution is -0.138. The van der Waals surface area contributed by atoms with Gasteiger partial charge in [0.1, 0.15) is 31.0 Å². The highest BCUT2D eigenvalue weighted by atomic mass is 16.5. The van der Waals surface area contributed by atoms with Crippen LogP contribution in [0.15, 0.2) is 0 Å². The van der Waals surface area contributed by atoms with E-state index in [0.29, 0.717) is 0 Å². The molecule has 0 spiro atoms. The van der Waals surface area contributed by atoms with E-state index in [1.54, 1.807) is 0 Å². The molecule has 15 heavy (non-hydrogen) atoms. The van der Waals surface area contributed by atoms with Crippen LogP contribution in [-0.2, 0) is 9.53 Å². The third-order valence-electron chi connectivity index (χ3n) is 1.71. The van der Waals surface area contributed by atoms with E-state index in [1.165, 1.54) is 0 Å². The number of ether oxygens (including phenoxy) is 1. The van der Waals surface area contributed by atoms with Crippen molar-refractivity contribution in [1.29, 1.82) is 0 Å². The zero-order valence-electron chi connectivity index (χ0n) is 7.98. The summed E-state index contributed by atoms with van der Waals surface area (Å²) in [6, 6.07) is 0. The fourth-order valence-electron chi connectivity index (χ4n) is 0.847. The van der Waals surface area contributed by atoms with Gasteiger partial charge in [0, 0.05) is 0 Å². The molecule has 0 heterocycles. The summed E-state index contributed by atoms with van der Waals surface area (Å²) < 4.78 is 4.70. The second-order valence-electron chi connectivity index (χ2n) is 2.89. The first-order valence-corrected chi connectivity index (χ1v) is 4.23. The molecule has 0 aromatic carbocycles. The number of aliphatic hydroxyl groups is 4. The average Bonchev–Trinajstić information content (AvgIpc) is 2.26. The maximum Gasteiger partial charge on any atom is 0.151 e. The Balaban J connectivity index is 4.01. The van der Waals surface area contributed by atoms with Gasteiger partial charge in [-0.2, -0.15) is 0 Å². The summed E-state index contributed by atoms with van der Waals surface area (Å²) in [7, 11) is 0. The average molecular weight is 218 g/mol. The third kappa shape index (κ3) is 4.88. The molecule has 0 bridgehead atoms. The molecule has 0 aromatic heterocycles. The van der Waals surface area contributed by atoms with Crippen molar-refractivity contribution in [2.24, 2.45) is 0 Å². The first kappa shape index (κ1) is 14.0. The van der Waals surface area contributed by atoms with Gasteiger partial charge in [-0.15, -0.1) is 6.42 Å². The van der Waals surface area contributed by atoms with Crippen LogP contribution in [0.5, 0.6) is 0 Å². The van der Waals surface area contributed by atoms with Crippen molar-refractivity contribution in [3.63, 3.8) is 0 Å². The third-order valence-corrected chi connectivity index (χ3v) is 1.71. The molecule has 6 nitrogen and oxygen atoms in total. The van der Waals surface area contributed by atoms with Gasteiger partial charge in [0.2, 0.25) is 0 Å². The molecule has 4 atom stereocenters. The minimum Gasteiger partial charge on any atom is -0.388 e. The van der Waals surface area contributed by atoms with E-state index in [1.807, 2.05) is 0 Å². The summed E-state index contributed by atoms with van der Waals surface area (Å²) in [4.78, 5) is 10.1. The molecule has 0 aromatic rings. The molecule has 86 valence electrons. The molecule has 0 saturated carbocycles. The lowest BCUT2D eigenvalue weighted by Crippen LogP contribution is -2.46. The second kappa shape index (κ2) is 7.34. The number of terminal acetylenes is 1. The summed E-state index contributed by atoms with van der Waals surface area (Å²) in [5.74, 6) is 2.14. The number of carbonyl (C=O) groups is 1. The summed E-state index contributed by atoms with van der Waals surface area (Å²) in [6.45, 7) is -0.343. The Bertz CT molecular complexity index is 223. The largest absolute Gasteiger partial charge is 0.388 e. The molecule has 0 aliphatic heterocycles. The molecular formula is C9H14O6. The molecule has 0 aliphatic carbocycles. The molecule has 4 N–H and O–H groups in total. The van der Waals surface area contributed by atoms with Crippen LogP contribution in [0, 0.1) is 12.3 Å². The zero-order valence-corrected chi connectivity index (χ0v) is 7.98. The highest BCUT2D eigenvalue weighted by molar-refractivity contribution is 5.56. The van der Waals surface area contributed by atoms with Crippen molar-refractivity contribution in [2.75, 3.05) is 13.2 Å². The van der Waals surface area contributed by atoms with Gasteiger partial charge in [0.25, 0.3) is 0 Å². The molecule has 0 fully saturated rings. The van der Waals surface area contributed by atoms with Crippen LogP contribution in [0.2, 0.25) is 0 Å². The first-order valence-electron chi connectivity index (χ1n) is 4.23. The van der Waals surface area contributed by atoms with Crippen molar-refractivity contribution in [1.82, 2.24) is 0 Å². The van der Waals surface area contributed by atoms with Crippen LogP contribution in [0.3, 0.4) is 0 Å². The van der Waals surface area contributed by atoms with Gasteiger partial charge in [0.15, 0.2) is 6.29 Å². The zero-order chi connectivity index (χ0) is 11.8. The van der Waals surface area contributed by atoms with Gasteiger partial charge in [-0.1, -0.05) is 5.92 Å². The van der Waals surface area contributed by atoms with E-state index >= 15 is 0 Å². The standard InChI is InChI=1S/C9H14O6/c1-2-3-15-5-7(12)9(14)8(13)6(11)4-10/h1,4,6-9,11-14H,3,5H2/t6-,7+,8+,9-/m0/s1. The smallest absolute Gasteiger partial charge is 0.151 e. The molecule has 0 amide bonds. The van der Waals surface area contributed by atoms with E-state index in [-0.39, 0.29) is 19.5 Å². The van der Waals surface area contributed by atoms with Gasteiger partial charge in [-0.3, -0.25) is 0 Å². The SMILES string of the molecule is C#CCOC[C@@H](O)[C@H](O)[C@H](O)[C@@H](O)C=O. The van der Waals surface area contributed by atoms with Gasteiger partial charge >= 0.3 is 0 Å². The molecule has 0 saturated heterocycles. The summed E-state index contributed by atoms with van der Waals surface area (Å²) in [5.41, 5.74) is 0. The second-order valence-corrected chi connectivity index (χ2v) is 2.89. The minimum atomic E-state index is -1.76. The Kier molecular flexibility index (Phi) is 6.86. The maximum absolute atomic E-state index is 10.1. The number of aldehydes is 1. The molecule has 6 heteroatoms. The van der Waals surface area contributed by atoms with E-state index in [9.17, 15) is 15.0 Å². The quantitative estimate of drug-likeness (QED) is 0.210. The number of hydrogen-bond donors (Lipinski definition) is 4. The van der Waals surface area contributed by atoms with Crippen LogP contribution in [-0.4, -0.2) is 64.3 Å². The van der Waals surface area contributed by atoms with E-state index < -0.39 is 24.4 Å². The van der Waals surface area contributed by atoms with E-state index in [2.05, 4.69) is 5.92 Å². The van der Waals surface area contributed by atoms with Crippen LogP contribution in [0.4, 0.5) is 0 Å². The predicted molar refractivity (Wildman–Crippen MR) is 49.7 cm³/mol.